The predicted molar refractivity (Wildman–Crippen MR) is 52.1 cm³/mol. The van der Waals surface area contributed by atoms with E-state index in [2.05, 4.69) is 11.0 Å². The second kappa shape index (κ2) is 4.97. The Bertz CT molecular complexity index is 258. The monoisotopic (exact) mass is 180 g/mol. The Morgan fingerprint density at radius 1 is 1.46 bits per heavy atom. The normalized spacial score (nSPS) is 10.8. The quantitative estimate of drug-likeness (QED) is 0.686. The van der Waals surface area contributed by atoms with E-state index in [9.17, 15) is 4.39 Å². The lowest BCUT2D eigenvalue weighted by atomic mass is 10.1. The number of halogens is 1. The molecule has 0 bridgehead atoms. The van der Waals surface area contributed by atoms with Gasteiger partial charge >= 0.3 is 0 Å². The van der Waals surface area contributed by atoms with Crippen molar-refractivity contribution < 1.29 is 4.39 Å². The van der Waals surface area contributed by atoms with Crippen molar-refractivity contribution in [3.05, 3.63) is 35.6 Å². The van der Waals surface area contributed by atoms with Crippen LogP contribution in [0.25, 0.3) is 0 Å². The van der Waals surface area contributed by atoms with E-state index in [1.807, 2.05) is 14.1 Å². The van der Waals surface area contributed by atoms with E-state index in [1.165, 1.54) is 6.07 Å². The first-order valence-corrected chi connectivity index (χ1v) is 4.49. The van der Waals surface area contributed by atoms with Gasteiger partial charge in [-0.1, -0.05) is 6.07 Å². The third-order valence-corrected chi connectivity index (χ3v) is 1.94. The third kappa shape index (κ3) is 3.55. The number of hydrogen-bond acceptors (Lipinski definition) is 1. The zero-order valence-corrected chi connectivity index (χ0v) is 8.18. The molecule has 0 fully saturated rings. The summed E-state index contributed by atoms with van der Waals surface area (Å²) >= 11 is 0. The highest BCUT2D eigenvalue weighted by Crippen LogP contribution is 2.08. The van der Waals surface area contributed by atoms with Crippen LogP contribution in [-0.2, 0) is 6.42 Å². The van der Waals surface area contributed by atoms with Gasteiger partial charge in [0.15, 0.2) is 0 Å². The molecule has 0 spiro atoms. The van der Waals surface area contributed by atoms with Crippen molar-refractivity contribution in [3.63, 3.8) is 0 Å². The van der Waals surface area contributed by atoms with Crippen LogP contribution in [0.3, 0.4) is 0 Å². The van der Waals surface area contributed by atoms with Crippen molar-refractivity contribution in [2.75, 3.05) is 20.6 Å². The molecule has 0 heterocycles. The Labute approximate surface area is 79.2 Å². The molecule has 0 saturated carbocycles. The number of hydrogen-bond donors (Lipinski definition) is 0. The van der Waals surface area contributed by atoms with Crippen LogP contribution in [0.1, 0.15) is 12.0 Å². The van der Waals surface area contributed by atoms with Crippen LogP contribution in [0.4, 0.5) is 4.39 Å². The summed E-state index contributed by atoms with van der Waals surface area (Å²) in [5.74, 6) is -0.113. The molecule has 0 aliphatic rings. The highest BCUT2D eigenvalue weighted by atomic mass is 19.1. The Morgan fingerprint density at radius 3 is 2.85 bits per heavy atom. The van der Waals surface area contributed by atoms with Gasteiger partial charge in [-0.25, -0.2) is 4.39 Å². The van der Waals surface area contributed by atoms with Crippen molar-refractivity contribution in [3.8, 4) is 0 Å². The molecule has 0 aliphatic carbocycles. The topological polar surface area (TPSA) is 3.24 Å². The van der Waals surface area contributed by atoms with E-state index in [0.29, 0.717) is 0 Å². The van der Waals surface area contributed by atoms with Crippen molar-refractivity contribution >= 4 is 0 Å². The predicted octanol–water partition coefficient (Wildman–Crippen LogP) is 2.12. The molecule has 1 rings (SSSR count). The lowest BCUT2D eigenvalue weighted by Crippen LogP contribution is -2.13. The highest BCUT2D eigenvalue weighted by Gasteiger charge is 2.00. The second-order valence-corrected chi connectivity index (χ2v) is 3.42. The molecule has 0 amide bonds. The molecule has 0 N–H and O–H groups in total. The van der Waals surface area contributed by atoms with Crippen LogP contribution in [0, 0.1) is 11.9 Å². The van der Waals surface area contributed by atoms with Gasteiger partial charge in [-0.3, -0.25) is 0 Å². The maximum Gasteiger partial charge on any atom is 0.126 e. The molecule has 1 aromatic carbocycles. The minimum atomic E-state index is -0.113. The molecule has 1 nitrogen and oxygen atoms in total. The zero-order valence-electron chi connectivity index (χ0n) is 8.18. The summed E-state index contributed by atoms with van der Waals surface area (Å²) in [6, 6.07) is 7.68. The van der Waals surface area contributed by atoms with Crippen LogP contribution >= 0.6 is 0 Å². The molecule has 0 aromatic heterocycles. The Morgan fingerprint density at radius 2 is 2.23 bits per heavy atom. The molecule has 71 valence electrons. The SMILES string of the molecule is CN(C)CCCc1c[c]ccc1F. The lowest BCUT2D eigenvalue weighted by molar-refractivity contribution is 0.399. The summed E-state index contributed by atoms with van der Waals surface area (Å²) in [6.07, 6.45) is 1.78. The van der Waals surface area contributed by atoms with E-state index in [0.717, 1.165) is 24.9 Å². The molecule has 1 radical (unpaired) electrons. The van der Waals surface area contributed by atoms with E-state index in [1.54, 1.807) is 12.1 Å². The first-order valence-electron chi connectivity index (χ1n) is 4.49. The van der Waals surface area contributed by atoms with Crippen molar-refractivity contribution in [1.29, 1.82) is 0 Å². The Kier molecular flexibility index (Phi) is 3.90. The first kappa shape index (κ1) is 10.2. The maximum atomic E-state index is 13.1. The Hall–Kier alpha value is -0.890. The number of benzene rings is 1. The number of aryl methyl sites for hydroxylation is 1. The van der Waals surface area contributed by atoms with Crippen LogP contribution in [0.2, 0.25) is 0 Å². The second-order valence-electron chi connectivity index (χ2n) is 3.42. The molecule has 1 aromatic rings. The van der Waals surface area contributed by atoms with E-state index in [4.69, 9.17) is 0 Å². The van der Waals surface area contributed by atoms with Crippen LogP contribution in [0.5, 0.6) is 0 Å². The first-order chi connectivity index (χ1) is 6.20. The van der Waals surface area contributed by atoms with E-state index < -0.39 is 0 Å². The summed E-state index contributed by atoms with van der Waals surface area (Å²) in [7, 11) is 4.04. The number of rotatable bonds is 4. The molecular formula is C11H15FN. The highest BCUT2D eigenvalue weighted by molar-refractivity contribution is 5.16. The lowest BCUT2D eigenvalue weighted by Gasteiger charge is -2.08. The third-order valence-electron chi connectivity index (χ3n) is 1.94. The van der Waals surface area contributed by atoms with Gasteiger partial charge in [0.2, 0.25) is 0 Å². The average molecular weight is 180 g/mol. The molecule has 0 aliphatic heterocycles. The Balaban J connectivity index is 2.41. The molecule has 13 heavy (non-hydrogen) atoms. The summed E-state index contributed by atoms with van der Waals surface area (Å²) in [5, 5.41) is 0. The van der Waals surface area contributed by atoms with Gasteiger partial charge in [0.05, 0.1) is 0 Å². The minimum Gasteiger partial charge on any atom is -0.309 e. The van der Waals surface area contributed by atoms with Gasteiger partial charge in [-0.2, -0.15) is 0 Å². The summed E-state index contributed by atoms with van der Waals surface area (Å²) < 4.78 is 13.1. The van der Waals surface area contributed by atoms with Gasteiger partial charge in [-0.15, -0.1) is 0 Å². The zero-order chi connectivity index (χ0) is 9.68. The molecule has 2 heteroatoms. The van der Waals surface area contributed by atoms with Gasteiger partial charge in [-0.05, 0) is 57.2 Å². The van der Waals surface area contributed by atoms with Crippen LogP contribution in [0.15, 0.2) is 18.2 Å². The van der Waals surface area contributed by atoms with Gasteiger partial charge in [0.1, 0.15) is 5.82 Å². The average Bonchev–Trinajstić information content (AvgIpc) is 2.08. The standard InChI is InChI=1S/C11H15FN/c1-13(2)9-5-7-10-6-3-4-8-11(10)12/h4,6,8H,5,7,9H2,1-2H3. The van der Waals surface area contributed by atoms with E-state index >= 15 is 0 Å². The van der Waals surface area contributed by atoms with E-state index in [-0.39, 0.29) is 5.82 Å². The summed E-state index contributed by atoms with van der Waals surface area (Å²) in [5.41, 5.74) is 0.768. The minimum absolute atomic E-state index is 0.113. The maximum absolute atomic E-state index is 13.1. The van der Waals surface area contributed by atoms with Crippen LogP contribution < -0.4 is 0 Å². The molecular weight excluding hydrogens is 165 g/mol. The van der Waals surface area contributed by atoms with Gasteiger partial charge in [0, 0.05) is 0 Å². The van der Waals surface area contributed by atoms with Crippen molar-refractivity contribution in [1.82, 2.24) is 4.90 Å². The fourth-order valence-electron chi connectivity index (χ4n) is 1.22. The summed E-state index contributed by atoms with van der Waals surface area (Å²) in [6.45, 7) is 0.994. The summed E-state index contributed by atoms with van der Waals surface area (Å²) in [4.78, 5) is 2.10. The fourth-order valence-corrected chi connectivity index (χ4v) is 1.22. The largest absolute Gasteiger partial charge is 0.309 e. The fraction of sp³-hybridized carbons (Fsp3) is 0.455. The molecule has 0 unspecified atom stereocenters. The molecule has 0 atom stereocenters. The van der Waals surface area contributed by atoms with Gasteiger partial charge in [0.25, 0.3) is 0 Å². The number of nitrogens with zero attached hydrogens (tertiary/aromatic N) is 1. The molecule has 0 saturated heterocycles. The van der Waals surface area contributed by atoms with Gasteiger partial charge < -0.3 is 4.90 Å². The van der Waals surface area contributed by atoms with Crippen molar-refractivity contribution in [2.24, 2.45) is 0 Å². The smallest absolute Gasteiger partial charge is 0.126 e. The van der Waals surface area contributed by atoms with Crippen LogP contribution in [-0.4, -0.2) is 25.5 Å². The van der Waals surface area contributed by atoms with Crippen molar-refractivity contribution in [2.45, 2.75) is 12.8 Å².